The summed E-state index contributed by atoms with van der Waals surface area (Å²) < 4.78 is 48.0. The van der Waals surface area contributed by atoms with Gasteiger partial charge in [-0.15, -0.1) is 0 Å². The zero-order chi connectivity index (χ0) is 15.5. The maximum Gasteiger partial charge on any atom is 0.209 e. The van der Waals surface area contributed by atoms with Crippen LogP contribution in [-0.2, 0) is 14.8 Å². The van der Waals surface area contributed by atoms with E-state index in [9.17, 15) is 12.8 Å². The van der Waals surface area contributed by atoms with Crippen molar-refractivity contribution in [2.24, 2.45) is 10.6 Å². The normalized spacial score (nSPS) is 18.4. The molecule has 0 aliphatic carbocycles. The van der Waals surface area contributed by atoms with E-state index in [1.807, 2.05) is 0 Å². The Balaban J connectivity index is 2.14. The van der Waals surface area contributed by atoms with Crippen molar-refractivity contribution < 1.29 is 22.3 Å². The summed E-state index contributed by atoms with van der Waals surface area (Å²) in [5.74, 6) is -0.598. The standard InChI is InChI=1S/C13H17BrFNO4S/c14-10-1-2-11(15)12(7-10)20-8-13(9-21(16,17)18)3-5-19-6-4-13/h1-2,7H,3-6,8-9H2,(H2,16,17,18). The first-order chi connectivity index (χ1) is 9.80. The lowest BCUT2D eigenvalue weighted by Gasteiger charge is -2.36. The Labute approximate surface area is 131 Å². The van der Waals surface area contributed by atoms with E-state index in [1.165, 1.54) is 12.1 Å². The third kappa shape index (κ3) is 4.91. The number of sulfonamides is 1. The summed E-state index contributed by atoms with van der Waals surface area (Å²) in [6.07, 6.45) is 1.03. The van der Waals surface area contributed by atoms with E-state index >= 15 is 0 Å². The summed E-state index contributed by atoms with van der Waals surface area (Å²) >= 11 is 3.24. The van der Waals surface area contributed by atoms with Gasteiger partial charge in [0.1, 0.15) is 0 Å². The molecular formula is C13H17BrFNO4S. The van der Waals surface area contributed by atoms with Gasteiger partial charge in [-0.05, 0) is 31.0 Å². The number of benzene rings is 1. The molecular weight excluding hydrogens is 365 g/mol. The van der Waals surface area contributed by atoms with Gasteiger partial charge in [0, 0.05) is 23.1 Å². The molecule has 0 atom stereocenters. The van der Waals surface area contributed by atoms with E-state index < -0.39 is 21.3 Å². The smallest absolute Gasteiger partial charge is 0.209 e. The van der Waals surface area contributed by atoms with Crippen LogP contribution < -0.4 is 9.88 Å². The first kappa shape index (κ1) is 16.7. The van der Waals surface area contributed by atoms with E-state index in [0.717, 1.165) is 0 Å². The van der Waals surface area contributed by atoms with Crippen molar-refractivity contribution >= 4 is 26.0 Å². The van der Waals surface area contributed by atoms with Crippen molar-refractivity contribution in [2.45, 2.75) is 12.8 Å². The first-order valence-electron chi connectivity index (χ1n) is 6.46. The number of halogens is 2. The summed E-state index contributed by atoms with van der Waals surface area (Å²) in [6.45, 7) is 0.972. The van der Waals surface area contributed by atoms with Crippen LogP contribution in [0.15, 0.2) is 22.7 Å². The van der Waals surface area contributed by atoms with Gasteiger partial charge in [-0.25, -0.2) is 17.9 Å². The van der Waals surface area contributed by atoms with E-state index in [2.05, 4.69) is 15.9 Å². The van der Waals surface area contributed by atoms with Gasteiger partial charge in [0.25, 0.3) is 0 Å². The maximum atomic E-state index is 13.7. The molecule has 1 saturated heterocycles. The number of rotatable bonds is 5. The highest BCUT2D eigenvalue weighted by Gasteiger charge is 2.37. The molecule has 0 spiro atoms. The van der Waals surface area contributed by atoms with Crippen LogP contribution >= 0.6 is 15.9 Å². The summed E-state index contributed by atoms with van der Waals surface area (Å²) in [7, 11) is -3.64. The average molecular weight is 382 g/mol. The third-order valence-electron chi connectivity index (χ3n) is 3.49. The molecule has 2 N–H and O–H groups in total. The molecule has 1 aromatic rings. The minimum atomic E-state index is -3.64. The molecule has 5 nitrogen and oxygen atoms in total. The second-order valence-corrected chi connectivity index (χ2v) is 7.81. The van der Waals surface area contributed by atoms with E-state index in [4.69, 9.17) is 14.6 Å². The third-order valence-corrected chi connectivity index (χ3v) is 5.00. The minimum Gasteiger partial charge on any atom is -0.490 e. The van der Waals surface area contributed by atoms with Crippen LogP contribution in [0.25, 0.3) is 0 Å². The second kappa shape index (κ2) is 6.60. The van der Waals surface area contributed by atoms with Gasteiger partial charge in [0.15, 0.2) is 11.6 Å². The zero-order valence-electron chi connectivity index (χ0n) is 11.3. The Morgan fingerprint density at radius 1 is 1.38 bits per heavy atom. The number of primary sulfonamides is 1. The van der Waals surface area contributed by atoms with Crippen molar-refractivity contribution in [1.29, 1.82) is 0 Å². The molecule has 2 rings (SSSR count). The van der Waals surface area contributed by atoms with Gasteiger partial charge < -0.3 is 9.47 Å². The van der Waals surface area contributed by atoms with Crippen LogP contribution in [0, 0.1) is 11.2 Å². The lowest BCUT2D eigenvalue weighted by molar-refractivity contribution is 0.00144. The molecule has 1 aliphatic heterocycles. The number of ether oxygens (including phenoxy) is 2. The average Bonchev–Trinajstić information content (AvgIpc) is 2.39. The molecule has 1 heterocycles. The van der Waals surface area contributed by atoms with Crippen molar-refractivity contribution in [3.63, 3.8) is 0 Å². The van der Waals surface area contributed by atoms with Crippen LogP contribution in [0.3, 0.4) is 0 Å². The quantitative estimate of drug-likeness (QED) is 0.846. The largest absolute Gasteiger partial charge is 0.490 e. The molecule has 0 unspecified atom stereocenters. The Hall–Kier alpha value is -0.700. The van der Waals surface area contributed by atoms with Crippen LogP contribution in [-0.4, -0.2) is 34.0 Å². The summed E-state index contributed by atoms with van der Waals surface area (Å²) in [5, 5.41) is 5.17. The fourth-order valence-corrected chi connectivity index (χ4v) is 3.95. The molecule has 0 amide bonds. The Morgan fingerprint density at radius 3 is 2.67 bits per heavy atom. The molecule has 0 bridgehead atoms. The summed E-state index contributed by atoms with van der Waals surface area (Å²) in [4.78, 5) is 0. The molecule has 8 heteroatoms. The molecule has 118 valence electrons. The number of nitrogens with two attached hydrogens (primary N) is 1. The predicted octanol–water partition coefficient (Wildman–Crippen LogP) is 2.05. The number of hydrogen-bond acceptors (Lipinski definition) is 4. The Morgan fingerprint density at radius 2 is 2.05 bits per heavy atom. The Bertz CT molecular complexity index is 602. The van der Waals surface area contributed by atoms with Gasteiger partial charge >= 0.3 is 0 Å². The topological polar surface area (TPSA) is 78.6 Å². The minimum absolute atomic E-state index is 0.0835. The zero-order valence-corrected chi connectivity index (χ0v) is 13.8. The van der Waals surface area contributed by atoms with Crippen molar-refractivity contribution in [2.75, 3.05) is 25.6 Å². The maximum absolute atomic E-state index is 13.7. The van der Waals surface area contributed by atoms with Crippen LogP contribution in [0.2, 0.25) is 0 Å². The molecule has 1 aromatic carbocycles. The van der Waals surface area contributed by atoms with Crippen LogP contribution in [0.1, 0.15) is 12.8 Å². The lowest BCUT2D eigenvalue weighted by atomic mass is 9.83. The molecule has 0 saturated carbocycles. The van der Waals surface area contributed by atoms with Gasteiger partial charge in [-0.3, -0.25) is 0 Å². The molecule has 1 fully saturated rings. The van der Waals surface area contributed by atoms with E-state index in [1.54, 1.807) is 6.07 Å². The van der Waals surface area contributed by atoms with Crippen molar-refractivity contribution in [3.05, 3.63) is 28.5 Å². The first-order valence-corrected chi connectivity index (χ1v) is 8.97. The number of hydrogen-bond donors (Lipinski definition) is 1. The second-order valence-electron chi connectivity index (χ2n) is 5.28. The van der Waals surface area contributed by atoms with Crippen LogP contribution in [0.5, 0.6) is 5.75 Å². The molecule has 0 aromatic heterocycles. The van der Waals surface area contributed by atoms with Gasteiger partial charge in [0.2, 0.25) is 10.0 Å². The SMILES string of the molecule is NS(=O)(=O)CC1(COc2cc(Br)ccc2F)CCOCC1. The van der Waals surface area contributed by atoms with Crippen LogP contribution in [0.4, 0.5) is 4.39 Å². The van der Waals surface area contributed by atoms with Crippen molar-refractivity contribution in [1.82, 2.24) is 0 Å². The monoisotopic (exact) mass is 381 g/mol. The van der Waals surface area contributed by atoms with Gasteiger partial charge in [-0.2, -0.15) is 0 Å². The Kier molecular flexibility index (Phi) is 5.24. The fraction of sp³-hybridized carbons (Fsp3) is 0.538. The van der Waals surface area contributed by atoms with Crippen molar-refractivity contribution in [3.8, 4) is 5.75 Å². The van der Waals surface area contributed by atoms with E-state index in [0.29, 0.717) is 30.5 Å². The summed E-state index contributed by atoms with van der Waals surface area (Å²) in [6, 6.07) is 4.37. The van der Waals surface area contributed by atoms with Gasteiger partial charge in [-0.1, -0.05) is 15.9 Å². The highest BCUT2D eigenvalue weighted by molar-refractivity contribution is 9.10. The highest BCUT2D eigenvalue weighted by atomic mass is 79.9. The molecule has 1 aliphatic rings. The molecule has 0 radical (unpaired) electrons. The predicted molar refractivity (Wildman–Crippen MR) is 80.1 cm³/mol. The highest BCUT2D eigenvalue weighted by Crippen LogP contribution is 2.33. The fourth-order valence-electron chi connectivity index (χ4n) is 2.38. The van der Waals surface area contributed by atoms with Gasteiger partial charge in [0.05, 0.1) is 12.4 Å². The van der Waals surface area contributed by atoms with E-state index in [-0.39, 0.29) is 18.1 Å². The molecule has 21 heavy (non-hydrogen) atoms. The summed E-state index contributed by atoms with van der Waals surface area (Å²) in [5.41, 5.74) is -0.638. The lowest BCUT2D eigenvalue weighted by Crippen LogP contribution is -2.42.